The maximum atomic E-state index is 3.57. The topological polar surface area (TPSA) is 12.0 Å². The lowest BCUT2D eigenvalue weighted by Crippen LogP contribution is -2.13. The molecule has 0 aliphatic heterocycles. The molecule has 0 aliphatic carbocycles. The highest BCUT2D eigenvalue weighted by Gasteiger charge is 2.01. The van der Waals surface area contributed by atoms with Gasteiger partial charge < -0.3 is 5.32 Å². The highest BCUT2D eigenvalue weighted by atomic mass is 14.8. The smallest absolute Gasteiger partial charge is 0.0214 e. The first kappa shape index (κ1) is 13.8. The van der Waals surface area contributed by atoms with E-state index in [9.17, 15) is 0 Å². The summed E-state index contributed by atoms with van der Waals surface area (Å²) in [7, 11) is 0. The minimum atomic E-state index is 0.897. The van der Waals surface area contributed by atoms with Crippen molar-refractivity contribution in [2.24, 2.45) is 0 Å². The second-order valence-electron chi connectivity index (χ2n) is 5.67. The Morgan fingerprint density at radius 2 is 1.52 bits per heavy atom. The minimum absolute atomic E-state index is 0.897. The van der Waals surface area contributed by atoms with E-state index in [-0.39, 0.29) is 0 Å². The summed E-state index contributed by atoms with van der Waals surface area (Å²) in [5.74, 6) is 0. The first-order valence-electron chi connectivity index (χ1n) is 7.47. The van der Waals surface area contributed by atoms with Gasteiger partial charge in [-0.1, -0.05) is 66.2 Å². The molecule has 3 rings (SSSR count). The molecule has 1 N–H and O–H groups in total. The van der Waals surface area contributed by atoms with E-state index in [1.807, 2.05) is 0 Å². The first-order chi connectivity index (χ1) is 10.2. The van der Waals surface area contributed by atoms with Crippen LogP contribution in [-0.4, -0.2) is 0 Å². The summed E-state index contributed by atoms with van der Waals surface area (Å²) < 4.78 is 0. The molecule has 3 aromatic rings. The molecule has 0 aliphatic rings. The van der Waals surface area contributed by atoms with Crippen LogP contribution in [0.4, 0.5) is 0 Å². The Labute approximate surface area is 126 Å². The van der Waals surface area contributed by atoms with Crippen molar-refractivity contribution in [3.05, 3.63) is 82.9 Å². The predicted octanol–water partition coefficient (Wildman–Crippen LogP) is 4.75. The van der Waals surface area contributed by atoms with Crippen LogP contribution in [0.5, 0.6) is 0 Å². The van der Waals surface area contributed by atoms with Crippen LogP contribution in [0, 0.1) is 13.8 Å². The zero-order valence-corrected chi connectivity index (χ0v) is 12.7. The van der Waals surface area contributed by atoms with Crippen molar-refractivity contribution in [2.75, 3.05) is 0 Å². The fraction of sp³-hybridized carbons (Fsp3) is 0.200. The van der Waals surface area contributed by atoms with Crippen LogP contribution in [-0.2, 0) is 13.1 Å². The average Bonchev–Trinajstić information content (AvgIpc) is 2.50. The lowest BCUT2D eigenvalue weighted by molar-refractivity contribution is 0.693. The monoisotopic (exact) mass is 275 g/mol. The third-order valence-corrected chi connectivity index (χ3v) is 4.01. The average molecular weight is 275 g/mol. The minimum Gasteiger partial charge on any atom is -0.309 e. The van der Waals surface area contributed by atoms with Gasteiger partial charge in [0.2, 0.25) is 0 Å². The fourth-order valence-electron chi connectivity index (χ4n) is 2.82. The molecule has 0 saturated heterocycles. The van der Waals surface area contributed by atoms with Crippen molar-refractivity contribution in [3.8, 4) is 0 Å². The molecule has 106 valence electrons. The van der Waals surface area contributed by atoms with Gasteiger partial charge in [0.25, 0.3) is 0 Å². The van der Waals surface area contributed by atoms with Crippen molar-refractivity contribution in [3.63, 3.8) is 0 Å². The van der Waals surface area contributed by atoms with Crippen molar-refractivity contribution in [1.82, 2.24) is 5.32 Å². The van der Waals surface area contributed by atoms with Crippen LogP contribution < -0.4 is 5.32 Å². The van der Waals surface area contributed by atoms with Gasteiger partial charge in [-0.2, -0.15) is 0 Å². The van der Waals surface area contributed by atoms with Crippen LogP contribution in [0.3, 0.4) is 0 Å². The second-order valence-corrected chi connectivity index (χ2v) is 5.67. The summed E-state index contributed by atoms with van der Waals surface area (Å²) in [6.45, 7) is 6.13. The lowest BCUT2D eigenvalue weighted by Gasteiger charge is -2.10. The van der Waals surface area contributed by atoms with Gasteiger partial charge in [-0.3, -0.25) is 0 Å². The normalized spacial score (nSPS) is 11.0. The van der Waals surface area contributed by atoms with E-state index in [1.54, 1.807) is 0 Å². The predicted molar refractivity (Wildman–Crippen MR) is 90.4 cm³/mol. The molecule has 0 unspecified atom stereocenters. The highest BCUT2D eigenvalue weighted by Crippen LogP contribution is 2.18. The van der Waals surface area contributed by atoms with Gasteiger partial charge in [-0.25, -0.2) is 0 Å². The quantitative estimate of drug-likeness (QED) is 0.724. The van der Waals surface area contributed by atoms with E-state index >= 15 is 0 Å². The number of hydrogen-bond acceptors (Lipinski definition) is 1. The van der Waals surface area contributed by atoms with Crippen molar-refractivity contribution in [2.45, 2.75) is 26.9 Å². The SMILES string of the molecule is Cc1ccc(CNCc2cccc3ccccc23)c(C)c1. The van der Waals surface area contributed by atoms with Crippen molar-refractivity contribution in [1.29, 1.82) is 0 Å². The van der Waals surface area contributed by atoms with E-state index in [0.29, 0.717) is 0 Å². The van der Waals surface area contributed by atoms with Gasteiger partial charge in [-0.15, -0.1) is 0 Å². The number of aryl methyl sites for hydroxylation is 2. The zero-order chi connectivity index (χ0) is 14.7. The molecule has 0 bridgehead atoms. The Kier molecular flexibility index (Phi) is 4.03. The lowest BCUT2D eigenvalue weighted by atomic mass is 10.0. The van der Waals surface area contributed by atoms with Gasteiger partial charge in [0.15, 0.2) is 0 Å². The standard InChI is InChI=1S/C20H21N/c1-15-10-11-18(16(2)12-15)13-21-14-19-8-5-7-17-6-3-4-9-20(17)19/h3-12,21H,13-14H2,1-2H3. The van der Waals surface area contributed by atoms with E-state index < -0.39 is 0 Å². The summed E-state index contributed by atoms with van der Waals surface area (Å²) in [4.78, 5) is 0. The molecule has 0 aromatic heterocycles. The zero-order valence-electron chi connectivity index (χ0n) is 12.7. The van der Waals surface area contributed by atoms with Gasteiger partial charge in [-0.05, 0) is 41.3 Å². The van der Waals surface area contributed by atoms with E-state index in [4.69, 9.17) is 0 Å². The molecule has 0 radical (unpaired) electrons. The molecule has 0 saturated carbocycles. The molecule has 3 aromatic carbocycles. The molecule has 0 fully saturated rings. The number of fused-ring (bicyclic) bond motifs is 1. The third kappa shape index (κ3) is 3.14. The Balaban J connectivity index is 1.72. The molecule has 21 heavy (non-hydrogen) atoms. The van der Waals surface area contributed by atoms with E-state index in [0.717, 1.165) is 13.1 Å². The van der Waals surface area contributed by atoms with Crippen LogP contribution in [0.1, 0.15) is 22.3 Å². The number of rotatable bonds is 4. The second kappa shape index (κ2) is 6.11. The molecule has 1 heteroatoms. The largest absolute Gasteiger partial charge is 0.309 e. The summed E-state index contributed by atoms with van der Waals surface area (Å²) in [5, 5.41) is 6.22. The Hall–Kier alpha value is -2.12. The highest BCUT2D eigenvalue weighted by molar-refractivity contribution is 5.85. The summed E-state index contributed by atoms with van der Waals surface area (Å²) in [6.07, 6.45) is 0. The molecule has 0 heterocycles. The van der Waals surface area contributed by atoms with Crippen LogP contribution in [0.2, 0.25) is 0 Å². The fourth-order valence-corrected chi connectivity index (χ4v) is 2.82. The Morgan fingerprint density at radius 3 is 2.38 bits per heavy atom. The maximum Gasteiger partial charge on any atom is 0.0214 e. The maximum absolute atomic E-state index is 3.57. The van der Waals surface area contributed by atoms with Gasteiger partial charge in [0.05, 0.1) is 0 Å². The molecule has 1 nitrogen and oxygen atoms in total. The number of benzene rings is 3. The van der Waals surface area contributed by atoms with Gasteiger partial charge >= 0.3 is 0 Å². The molecular formula is C20H21N. The Bertz CT molecular complexity index is 753. The first-order valence-corrected chi connectivity index (χ1v) is 7.47. The third-order valence-electron chi connectivity index (χ3n) is 4.01. The van der Waals surface area contributed by atoms with Gasteiger partial charge in [0, 0.05) is 13.1 Å². The van der Waals surface area contributed by atoms with Crippen LogP contribution in [0.25, 0.3) is 10.8 Å². The Morgan fingerprint density at radius 1 is 0.762 bits per heavy atom. The summed E-state index contributed by atoms with van der Waals surface area (Å²) >= 11 is 0. The number of nitrogens with one attached hydrogen (secondary N) is 1. The van der Waals surface area contributed by atoms with Gasteiger partial charge in [0.1, 0.15) is 0 Å². The van der Waals surface area contributed by atoms with Crippen molar-refractivity contribution < 1.29 is 0 Å². The summed E-state index contributed by atoms with van der Waals surface area (Å²) in [6, 6.07) is 21.7. The summed E-state index contributed by atoms with van der Waals surface area (Å²) in [5.41, 5.74) is 5.42. The molecule has 0 atom stereocenters. The van der Waals surface area contributed by atoms with E-state index in [2.05, 4.69) is 79.8 Å². The van der Waals surface area contributed by atoms with Crippen LogP contribution in [0.15, 0.2) is 60.7 Å². The molecule has 0 amide bonds. The molecule has 0 spiro atoms. The van der Waals surface area contributed by atoms with E-state index in [1.165, 1.54) is 33.0 Å². The van der Waals surface area contributed by atoms with Crippen LogP contribution >= 0.6 is 0 Å². The van der Waals surface area contributed by atoms with Crippen molar-refractivity contribution >= 4 is 10.8 Å². The number of hydrogen-bond donors (Lipinski definition) is 1. The molecular weight excluding hydrogens is 254 g/mol.